The van der Waals surface area contributed by atoms with Gasteiger partial charge in [0.05, 0.1) is 6.54 Å². The van der Waals surface area contributed by atoms with E-state index >= 15 is 0 Å². The fourth-order valence-electron chi connectivity index (χ4n) is 0.453. The lowest BCUT2D eigenvalue weighted by Gasteiger charge is -1.94. The van der Waals surface area contributed by atoms with E-state index < -0.39 is 12.4 Å². The van der Waals surface area contributed by atoms with Crippen LogP contribution in [0.1, 0.15) is 6.42 Å². The molecule has 0 rings (SSSR count). The van der Waals surface area contributed by atoms with Gasteiger partial charge >= 0.3 is 5.97 Å². The van der Waals surface area contributed by atoms with Crippen LogP contribution in [0.5, 0.6) is 0 Å². The molecule has 0 radical (unpaired) electrons. The van der Waals surface area contributed by atoms with Crippen LogP contribution in [-0.2, 0) is 14.5 Å². The molecule has 0 aliphatic carbocycles. The molecule has 0 saturated carbocycles. The molecule has 5 heteroatoms. The van der Waals surface area contributed by atoms with Crippen LogP contribution in [0, 0.1) is 0 Å². The lowest BCUT2D eigenvalue weighted by molar-refractivity contribution is -0.233. The summed E-state index contributed by atoms with van der Waals surface area (Å²) in [7, 11) is 1.59. The Balaban J connectivity index is 3.47. The average Bonchev–Trinajstić information content (AvgIpc) is 1.88. The van der Waals surface area contributed by atoms with E-state index in [2.05, 4.69) is 10.2 Å². The van der Waals surface area contributed by atoms with Crippen LogP contribution in [0.2, 0.25) is 0 Å². The number of Topliss-reactive ketones (excluding diaryl/α,β-unsaturated/α-hetero) is 1. The second-order valence-corrected chi connectivity index (χ2v) is 1.71. The van der Waals surface area contributed by atoms with Crippen molar-refractivity contribution in [3.63, 3.8) is 0 Å². The van der Waals surface area contributed by atoms with Gasteiger partial charge in [-0.15, -0.1) is 0 Å². The SMILES string of the molecule is CNCC(=O)CC(=O)OO. The average molecular weight is 147 g/mol. The van der Waals surface area contributed by atoms with Gasteiger partial charge in [0.15, 0.2) is 5.78 Å². The molecule has 0 aliphatic heterocycles. The first-order valence-corrected chi connectivity index (χ1v) is 2.71. The van der Waals surface area contributed by atoms with E-state index in [9.17, 15) is 9.59 Å². The third-order valence-electron chi connectivity index (χ3n) is 0.817. The smallest absolute Gasteiger partial charge is 0.313 e. The Bertz CT molecular complexity index is 134. The molecule has 0 amide bonds. The van der Waals surface area contributed by atoms with Crippen molar-refractivity contribution in [3.8, 4) is 0 Å². The molecule has 5 nitrogen and oxygen atoms in total. The fraction of sp³-hybridized carbons (Fsp3) is 0.600. The number of rotatable bonds is 4. The molecule has 0 fully saturated rings. The van der Waals surface area contributed by atoms with E-state index in [4.69, 9.17) is 5.26 Å². The second-order valence-electron chi connectivity index (χ2n) is 1.71. The first-order chi connectivity index (χ1) is 4.70. The van der Waals surface area contributed by atoms with Gasteiger partial charge in [0.1, 0.15) is 6.42 Å². The highest BCUT2D eigenvalue weighted by Gasteiger charge is 2.08. The van der Waals surface area contributed by atoms with Gasteiger partial charge in [0.2, 0.25) is 0 Å². The largest absolute Gasteiger partial charge is 0.349 e. The van der Waals surface area contributed by atoms with Gasteiger partial charge < -0.3 is 10.2 Å². The van der Waals surface area contributed by atoms with Crippen LogP contribution in [-0.4, -0.2) is 30.6 Å². The minimum Gasteiger partial charge on any atom is -0.313 e. The molecule has 0 aliphatic rings. The minimum absolute atomic E-state index is 0.106. The van der Waals surface area contributed by atoms with Crippen molar-refractivity contribution in [2.24, 2.45) is 0 Å². The number of hydrogen-bond acceptors (Lipinski definition) is 5. The topological polar surface area (TPSA) is 75.6 Å². The Kier molecular flexibility index (Phi) is 4.43. The summed E-state index contributed by atoms with van der Waals surface area (Å²) in [5, 5.41) is 10.3. The summed E-state index contributed by atoms with van der Waals surface area (Å²) < 4.78 is 0. The predicted molar refractivity (Wildman–Crippen MR) is 32.3 cm³/mol. The lowest BCUT2D eigenvalue weighted by atomic mass is 10.3. The number of carbonyl (C=O) groups excluding carboxylic acids is 2. The Morgan fingerprint density at radius 2 is 2.20 bits per heavy atom. The molecule has 10 heavy (non-hydrogen) atoms. The van der Waals surface area contributed by atoms with Crippen LogP contribution in [0.15, 0.2) is 0 Å². The number of nitrogens with one attached hydrogen (secondary N) is 1. The standard InChI is InChI=1S/C5H9NO4/c1-6-3-4(7)2-5(8)10-9/h6,9H,2-3H2,1H3. The zero-order valence-corrected chi connectivity index (χ0v) is 5.59. The van der Waals surface area contributed by atoms with Crippen LogP contribution in [0.25, 0.3) is 0 Å². The maximum Gasteiger partial charge on any atom is 0.349 e. The maximum atomic E-state index is 10.5. The van der Waals surface area contributed by atoms with Crippen LogP contribution >= 0.6 is 0 Å². The molecule has 0 aromatic carbocycles. The molecule has 2 N–H and O–H groups in total. The van der Waals surface area contributed by atoms with Crippen LogP contribution < -0.4 is 5.32 Å². The summed E-state index contributed by atoms with van der Waals surface area (Å²) in [6.45, 7) is 0.106. The van der Waals surface area contributed by atoms with Crippen molar-refractivity contribution in [2.45, 2.75) is 6.42 Å². The van der Waals surface area contributed by atoms with E-state index in [-0.39, 0.29) is 12.3 Å². The van der Waals surface area contributed by atoms with Crippen molar-refractivity contribution < 1.29 is 19.7 Å². The zero-order valence-electron chi connectivity index (χ0n) is 5.59. The number of likely N-dealkylation sites (N-methyl/N-ethyl adjacent to an activating group) is 1. The van der Waals surface area contributed by atoms with Crippen molar-refractivity contribution >= 4 is 11.8 Å². The van der Waals surface area contributed by atoms with Gasteiger partial charge in [0, 0.05) is 0 Å². The molecule has 0 bridgehead atoms. The first kappa shape index (κ1) is 9.06. The molecular formula is C5H9NO4. The Morgan fingerprint density at radius 1 is 1.60 bits per heavy atom. The van der Waals surface area contributed by atoms with Crippen LogP contribution in [0.3, 0.4) is 0 Å². The molecule has 0 heterocycles. The molecule has 0 unspecified atom stereocenters. The van der Waals surface area contributed by atoms with Gasteiger partial charge in [-0.1, -0.05) is 0 Å². The first-order valence-electron chi connectivity index (χ1n) is 2.71. The second kappa shape index (κ2) is 4.89. The summed E-state index contributed by atoms with van der Waals surface area (Å²) in [5.41, 5.74) is 0. The number of carbonyl (C=O) groups is 2. The summed E-state index contributed by atoms with van der Waals surface area (Å²) in [6.07, 6.45) is -0.392. The highest BCUT2D eigenvalue weighted by Crippen LogP contribution is 1.84. The van der Waals surface area contributed by atoms with Gasteiger partial charge in [0.25, 0.3) is 0 Å². The third kappa shape index (κ3) is 3.99. The monoisotopic (exact) mass is 147 g/mol. The zero-order chi connectivity index (χ0) is 7.98. The van der Waals surface area contributed by atoms with E-state index in [1.54, 1.807) is 7.05 Å². The molecule has 0 aromatic rings. The number of ketones is 1. The van der Waals surface area contributed by atoms with Gasteiger partial charge in [-0.05, 0) is 7.05 Å². The molecule has 0 aromatic heterocycles. The summed E-state index contributed by atoms with van der Waals surface area (Å²) in [4.78, 5) is 24.0. The molecule has 0 atom stereocenters. The third-order valence-corrected chi connectivity index (χ3v) is 0.817. The van der Waals surface area contributed by atoms with Crippen molar-refractivity contribution in [1.82, 2.24) is 5.32 Å². The molecular weight excluding hydrogens is 138 g/mol. The lowest BCUT2D eigenvalue weighted by Crippen LogP contribution is -2.21. The van der Waals surface area contributed by atoms with E-state index in [1.807, 2.05) is 0 Å². The highest BCUT2D eigenvalue weighted by atomic mass is 17.1. The summed E-state index contributed by atoms with van der Waals surface area (Å²) in [5.74, 6) is -1.25. The molecule has 0 spiro atoms. The minimum atomic E-state index is -0.930. The molecule has 58 valence electrons. The highest BCUT2D eigenvalue weighted by molar-refractivity contribution is 5.96. The maximum absolute atomic E-state index is 10.5. The van der Waals surface area contributed by atoms with Gasteiger partial charge in [-0.2, -0.15) is 5.26 Å². The molecule has 0 saturated heterocycles. The van der Waals surface area contributed by atoms with Gasteiger partial charge in [-0.3, -0.25) is 4.79 Å². The fourth-order valence-corrected chi connectivity index (χ4v) is 0.453. The number of hydrogen-bond donors (Lipinski definition) is 2. The normalized spacial score (nSPS) is 9.00. The van der Waals surface area contributed by atoms with E-state index in [1.165, 1.54) is 0 Å². The van der Waals surface area contributed by atoms with Crippen molar-refractivity contribution in [1.29, 1.82) is 0 Å². The predicted octanol–water partition coefficient (Wildman–Crippen LogP) is -0.819. The van der Waals surface area contributed by atoms with Crippen LogP contribution in [0.4, 0.5) is 0 Å². The Hall–Kier alpha value is -0.940. The summed E-state index contributed by atoms with van der Waals surface area (Å²) in [6, 6.07) is 0. The Labute approximate surface area is 57.9 Å². The van der Waals surface area contributed by atoms with E-state index in [0.29, 0.717) is 0 Å². The van der Waals surface area contributed by atoms with E-state index in [0.717, 1.165) is 0 Å². The van der Waals surface area contributed by atoms with Crippen molar-refractivity contribution in [3.05, 3.63) is 0 Å². The van der Waals surface area contributed by atoms with Gasteiger partial charge in [-0.25, -0.2) is 4.79 Å². The van der Waals surface area contributed by atoms with Crippen molar-refractivity contribution in [2.75, 3.05) is 13.6 Å². The Morgan fingerprint density at radius 3 is 2.60 bits per heavy atom. The quantitative estimate of drug-likeness (QED) is 0.309. The summed E-state index contributed by atoms with van der Waals surface area (Å²) >= 11 is 0.